The molecular formula is C19H19ClN4O. The summed E-state index contributed by atoms with van der Waals surface area (Å²) in [5, 5.41) is 3.45. The molecule has 5 nitrogen and oxygen atoms in total. The minimum atomic E-state index is -0.117. The van der Waals surface area contributed by atoms with Crippen LogP contribution in [-0.2, 0) is 0 Å². The molecule has 2 heterocycles. The van der Waals surface area contributed by atoms with Crippen molar-refractivity contribution in [1.82, 2.24) is 14.9 Å². The summed E-state index contributed by atoms with van der Waals surface area (Å²) in [6.07, 6.45) is 1.98. The SMILES string of the molecule is O=C(Nc1ccccc1Cl)N1CCCC(c2nc3ccccc3[nH]2)C1. The van der Waals surface area contributed by atoms with Crippen molar-refractivity contribution in [2.24, 2.45) is 0 Å². The van der Waals surface area contributed by atoms with E-state index in [0.29, 0.717) is 17.3 Å². The van der Waals surface area contributed by atoms with Crippen molar-refractivity contribution in [3.8, 4) is 0 Å². The third-order valence-corrected chi connectivity index (χ3v) is 4.95. The first kappa shape index (κ1) is 16.0. The Kier molecular flexibility index (Phi) is 4.32. The Morgan fingerprint density at radius 3 is 2.84 bits per heavy atom. The highest BCUT2D eigenvalue weighted by Crippen LogP contribution is 2.28. The predicted molar refractivity (Wildman–Crippen MR) is 100 cm³/mol. The van der Waals surface area contributed by atoms with Crippen LogP contribution in [0.5, 0.6) is 0 Å². The number of hydrogen-bond donors (Lipinski definition) is 2. The van der Waals surface area contributed by atoms with Gasteiger partial charge in [-0.2, -0.15) is 0 Å². The Morgan fingerprint density at radius 1 is 1.20 bits per heavy atom. The number of aromatic nitrogens is 2. The van der Waals surface area contributed by atoms with Crippen LogP contribution >= 0.6 is 11.6 Å². The van der Waals surface area contributed by atoms with Gasteiger partial charge in [0.25, 0.3) is 0 Å². The fourth-order valence-corrected chi connectivity index (χ4v) is 3.49. The molecule has 2 N–H and O–H groups in total. The second kappa shape index (κ2) is 6.76. The molecule has 1 unspecified atom stereocenters. The largest absolute Gasteiger partial charge is 0.342 e. The average molecular weight is 355 g/mol. The number of urea groups is 1. The maximum Gasteiger partial charge on any atom is 0.321 e. The first-order chi connectivity index (χ1) is 12.2. The second-order valence-electron chi connectivity index (χ2n) is 6.33. The van der Waals surface area contributed by atoms with Crippen LogP contribution in [0.4, 0.5) is 10.5 Å². The second-order valence-corrected chi connectivity index (χ2v) is 6.74. The summed E-state index contributed by atoms with van der Waals surface area (Å²) >= 11 is 6.13. The number of hydrogen-bond acceptors (Lipinski definition) is 2. The molecule has 1 saturated heterocycles. The van der Waals surface area contributed by atoms with E-state index in [4.69, 9.17) is 16.6 Å². The lowest BCUT2D eigenvalue weighted by molar-refractivity contribution is 0.191. The first-order valence-corrected chi connectivity index (χ1v) is 8.83. The standard InChI is InChI=1S/C19H19ClN4O/c20-14-7-1-2-8-15(14)23-19(25)24-11-5-6-13(12-24)18-21-16-9-3-4-10-17(16)22-18/h1-4,7-10,13H,5-6,11-12H2,(H,21,22)(H,23,25). The number of benzene rings is 2. The molecule has 0 aliphatic carbocycles. The minimum absolute atomic E-state index is 0.117. The van der Waals surface area contributed by atoms with E-state index >= 15 is 0 Å². The summed E-state index contributed by atoms with van der Waals surface area (Å²) in [6.45, 7) is 1.39. The number of anilines is 1. The van der Waals surface area contributed by atoms with Crippen molar-refractivity contribution in [2.75, 3.05) is 18.4 Å². The molecule has 1 aliphatic heterocycles. The van der Waals surface area contributed by atoms with Crippen LogP contribution in [0.2, 0.25) is 5.02 Å². The van der Waals surface area contributed by atoms with E-state index in [-0.39, 0.29) is 11.9 Å². The monoisotopic (exact) mass is 354 g/mol. The first-order valence-electron chi connectivity index (χ1n) is 8.46. The van der Waals surface area contributed by atoms with E-state index in [1.807, 2.05) is 41.3 Å². The van der Waals surface area contributed by atoms with Crippen molar-refractivity contribution >= 4 is 34.4 Å². The molecule has 0 spiro atoms. The lowest BCUT2D eigenvalue weighted by Gasteiger charge is -2.32. The molecule has 1 fully saturated rings. The fraction of sp³-hybridized carbons (Fsp3) is 0.263. The highest BCUT2D eigenvalue weighted by atomic mass is 35.5. The van der Waals surface area contributed by atoms with E-state index in [1.54, 1.807) is 12.1 Å². The van der Waals surface area contributed by atoms with E-state index in [2.05, 4.69) is 10.3 Å². The highest BCUT2D eigenvalue weighted by Gasteiger charge is 2.27. The number of piperidine rings is 1. The quantitative estimate of drug-likeness (QED) is 0.705. The number of aromatic amines is 1. The minimum Gasteiger partial charge on any atom is -0.342 e. The summed E-state index contributed by atoms with van der Waals surface area (Å²) in [4.78, 5) is 22.5. The number of imidazole rings is 1. The number of amides is 2. The summed E-state index contributed by atoms with van der Waals surface area (Å²) in [7, 11) is 0. The lowest BCUT2D eigenvalue weighted by Crippen LogP contribution is -2.41. The van der Waals surface area contributed by atoms with E-state index in [0.717, 1.165) is 36.2 Å². The molecule has 0 bridgehead atoms. The van der Waals surface area contributed by atoms with Gasteiger partial charge in [-0.25, -0.2) is 9.78 Å². The number of para-hydroxylation sites is 3. The van der Waals surface area contributed by atoms with Gasteiger partial charge in [0, 0.05) is 19.0 Å². The molecule has 128 valence electrons. The van der Waals surface area contributed by atoms with Gasteiger partial charge in [0.2, 0.25) is 0 Å². The summed E-state index contributed by atoms with van der Waals surface area (Å²) < 4.78 is 0. The number of H-pyrrole nitrogens is 1. The van der Waals surface area contributed by atoms with Crippen LogP contribution in [0, 0.1) is 0 Å². The zero-order chi connectivity index (χ0) is 17.2. The third-order valence-electron chi connectivity index (χ3n) is 4.62. The smallest absolute Gasteiger partial charge is 0.321 e. The average Bonchev–Trinajstić information content (AvgIpc) is 3.08. The Hall–Kier alpha value is -2.53. The van der Waals surface area contributed by atoms with Gasteiger partial charge in [0.1, 0.15) is 5.82 Å². The molecule has 4 rings (SSSR count). The molecule has 2 aromatic carbocycles. The molecule has 25 heavy (non-hydrogen) atoms. The lowest BCUT2D eigenvalue weighted by atomic mass is 9.97. The van der Waals surface area contributed by atoms with E-state index in [1.165, 1.54) is 0 Å². The molecule has 1 aliphatic rings. The van der Waals surface area contributed by atoms with Gasteiger partial charge in [-0.1, -0.05) is 35.9 Å². The van der Waals surface area contributed by atoms with Gasteiger partial charge in [-0.05, 0) is 37.1 Å². The summed E-state index contributed by atoms with van der Waals surface area (Å²) in [6, 6.07) is 15.2. The number of fused-ring (bicyclic) bond motifs is 1. The molecule has 1 atom stereocenters. The molecular weight excluding hydrogens is 336 g/mol. The van der Waals surface area contributed by atoms with E-state index < -0.39 is 0 Å². The van der Waals surface area contributed by atoms with Crippen molar-refractivity contribution < 1.29 is 4.79 Å². The Morgan fingerprint density at radius 2 is 2.00 bits per heavy atom. The van der Waals surface area contributed by atoms with Gasteiger partial charge in [0.15, 0.2) is 0 Å². The number of halogens is 1. The molecule has 6 heteroatoms. The number of likely N-dealkylation sites (tertiary alicyclic amines) is 1. The van der Waals surface area contributed by atoms with Gasteiger partial charge in [0.05, 0.1) is 21.7 Å². The number of carbonyl (C=O) groups is 1. The zero-order valence-electron chi connectivity index (χ0n) is 13.7. The van der Waals surface area contributed by atoms with Crippen molar-refractivity contribution in [3.63, 3.8) is 0 Å². The number of nitrogens with one attached hydrogen (secondary N) is 2. The Labute approximate surface area is 151 Å². The molecule has 0 radical (unpaired) electrons. The van der Waals surface area contributed by atoms with Crippen LogP contribution in [0.3, 0.4) is 0 Å². The van der Waals surface area contributed by atoms with Crippen LogP contribution < -0.4 is 5.32 Å². The van der Waals surface area contributed by atoms with Gasteiger partial charge in [-0.3, -0.25) is 0 Å². The highest BCUT2D eigenvalue weighted by molar-refractivity contribution is 6.33. The van der Waals surface area contributed by atoms with Gasteiger partial charge >= 0.3 is 6.03 Å². The topological polar surface area (TPSA) is 61.0 Å². The molecule has 3 aromatic rings. The van der Waals surface area contributed by atoms with Crippen LogP contribution in [0.25, 0.3) is 11.0 Å². The van der Waals surface area contributed by atoms with Crippen molar-refractivity contribution in [1.29, 1.82) is 0 Å². The summed E-state index contributed by atoms with van der Waals surface area (Å²) in [5.41, 5.74) is 2.64. The number of nitrogens with zero attached hydrogens (tertiary/aromatic N) is 2. The van der Waals surface area contributed by atoms with Gasteiger partial charge in [-0.15, -0.1) is 0 Å². The molecule has 0 saturated carbocycles. The van der Waals surface area contributed by atoms with Crippen molar-refractivity contribution in [2.45, 2.75) is 18.8 Å². The molecule has 2 amide bonds. The molecule has 1 aromatic heterocycles. The maximum absolute atomic E-state index is 12.6. The van der Waals surface area contributed by atoms with Crippen LogP contribution in [0.1, 0.15) is 24.6 Å². The maximum atomic E-state index is 12.6. The zero-order valence-corrected chi connectivity index (χ0v) is 14.5. The van der Waals surface area contributed by atoms with Crippen molar-refractivity contribution in [3.05, 3.63) is 59.4 Å². The third kappa shape index (κ3) is 3.33. The number of carbonyl (C=O) groups excluding carboxylic acids is 1. The Balaban J connectivity index is 1.48. The normalized spacial score (nSPS) is 17.6. The Bertz CT molecular complexity index is 874. The predicted octanol–water partition coefficient (Wildman–Crippen LogP) is 4.63. The van der Waals surface area contributed by atoms with Crippen LogP contribution in [0.15, 0.2) is 48.5 Å². The van der Waals surface area contributed by atoms with E-state index in [9.17, 15) is 4.79 Å². The summed E-state index contributed by atoms with van der Waals surface area (Å²) in [5.74, 6) is 1.18. The number of rotatable bonds is 2. The van der Waals surface area contributed by atoms with Gasteiger partial charge < -0.3 is 15.2 Å². The fourth-order valence-electron chi connectivity index (χ4n) is 3.31. The van der Waals surface area contributed by atoms with Crippen LogP contribution in [-0.4, -0.2) is 34.0 Å².